The van der Waals surface area contributed by atoms with E-state index in [4.69, 9.17) is 4.74 Å². The van der Waals surface area contributed by atoms with Crippen LogP contribution in [0.4, 0.5) is 4.79 Å². The number of hydrogen-bond donors (Lipinski definition) is 1. The van der Waals surface area contributed by atoms with Gasteiger partial charge in [-0.15, -0.1) is 0 Å². The smallest absolute Gasteiger partial charge is 0.407 e. The molecule has 1 N–H and O–H groups in total. The van der Waals surface area contributed by atoms with Gasteiger partial charge in [0.15, 0.2) is 9.84 Å². The van der Waals surface area contributed by atoms with Gasteiger partial charge in [0.2, 0.25) is 0 Å². The minimum atomic E-state index is -3.34. The van der Waals surface area contributed by atoms with Crippen molar-refractivity contribution in [1.82, 2.24) is 5.32 Å². The molecule has 0 spiro atoms. The summed E-state index contributed by atoms with van der Waals surface area (Å²) in [6.07, 6.45) is 1.90. The average Bonchev–Trinajstić information content (AvgIpc) is 2.45. The van der Waals surface area contributed by atoms with Crippen molar-refractivity contribution >= 4 is 31.9 Å². The van der Waals surface area contributed by atoms with Crippen molar-refractivity contribution in [3.8, 4) is 0 Å². The van der Waals surface area contributed by atoms with Gasteiger partial charge in [0.05, 0.1) is 10.1 Å². The van der Waals surface area contributed by atoms with Crippen LogP contribution in [0.25, 0.3) is 0 Å². The predicted octanol–water partition coefficient (Wildman–Crippen LogP) is 4.06. The number of hydrogen-bond acceptors (Lipinski definition) is 4. The van der Waals surface area contributed by atoms with E-state index in [1.807, 2.05) is 20.8 Å². The fourth-order valence-electron chi connectivity index (χ4n) is 2.83. The normalized spacial score (nSPS) is 22.0. The van der Waals surface area contributed by atoms with E-state index >= 15 is 0 Å². The van der Waals surface area contributed by atoms with E-state index in [9.17, 15) is 13.2 Å². The summed E-state index contributed by atoms with van der Waals surface area (Å²) in [5.74, 6) is 0. The van der Waals surface area contributed by atoms with Crippen molar-refractivity contribution in [3.63, 3.8) is 0 Å². The molecule has 0 aromatic heterocycles. The molecule has 0 bridgehead atoms. The maximum Gasteiger partial charge on any atom is 0.407 e. The summed E-state index contributed by atoms with van der Waals surface area (Å²) in [4.78, 5) is 12.2. The van der Waals surface area contributed by atoms with Gasteiger partial charge in [0.1, 0.15) is 5.60 Å². The summed E-state index contributed by atoms with van der Waals surface area (Å²) in [6.45, 7) is 5.44. The van der Waals surface area contributed by atoms with Gasteiger partial charge in [0.25, 0.3) is 0 Å². The van der Waals surface area contributed by atoms with Crippen LogP contribution in [0, 0.1) is 0 Å². The molecule has 1 aromatic carbocycles. The highest BCUT2D eigenvalue weighted by Gasteiger charge is 2.33. The van der Waals surface area contributed by atoms with E-state index < -0.39 is 26.8 Å². The van der Waals surface area contributed by atoms with Crippen molar-refractivity contribution in [1.29, 1.82) is 0 Å². The van der Waals surface area contributed by atoms with E-state index in [1.54, 1.807) is 24.3 Å². The van der Waals surface area contributed by atoms with Crippen molar-refractivity contribution < 1.29 is 17.9 Å². The molecule has 1 amide bonds. The molecular weight excluding hydrogens is 394 g/mol. The van der Waals surface area contributed by atoms with E-state index in [1.165, 1.54) is 0 Å². The average molecular weight is 418 g/mol. The standard InChI is InChI=1S/C17H24BrNO4S/c1-17(2,3)23-16(20)19-13-7-9-14(10-8-13)24(21,22)15-6-4-5-12(18)11-15/h4-6,11,13-14H,7-10H2,1-3H3,(H,19,20). The third kappa shape index (κ3) is 5.21. The number of alkyl carbamates (subject to hydrolysis) is 1. The minimum Gasteiger partial charge on any atom is -0.444 e. The number of carbonyl (C=O) groups excluding carboxylic acids is 1. The molecule has 1 aliphatic rings. The molecule has 0 radical (unpaired) electrons. The van der Waals surface area contributed by atoms with Gasteiger partial charge in [-0.25, -0.2) is 13.2 Å². The van der Waals surface area contributed by atoms with Gasteiger partial charge in [-0.05, 0) is 64.7 Å². The molecule has 1 saturated carbocycles. The quantitative estimate of drug-likeness (QED) is 0.804. The van der Waals surface area contributed by atoms with E-state index in [2.05, 4.69) is 21.2 Å². The zero-order chi connectivity index (χ0) is 18.0. The van der Waals surface area contributed by atoms with Crippen LogP contribution in [0.1, 0.15) is 46.5 Å². The fourth-order valence-corrected chi connectivity index (χ4v) is 5.22. The third-order valence-electron chi connectivity index (χ3n) is 3.96. The van der Waals surface area contributed by atoms with E-state index in [0.717, 1.165) is 4.47 Å². The van der Waals surface area contributed by atoms with Crippen LogP contribution >= 0.6 is 15.9 Å². The summed E-state index contributed by atoms with van der Waals surface area (Å²) in [7, 11) is -3.34. The highest BCUT2D eigenvalue weighted by Crippen LogP contribution is 2.30. The van der Waals surface area contributed by atoms with Crippen molar-refractivity contribution in [2.75, 3.05) is 0 Å². The number of amides is 1. The first-order chi connectivity index (χ1) is 11.1. The predicted molar refractivity (Wildman–Crippen MR) is 96.7 cm³/mol. The molecule has 5 nitrogen and oxygen atoms in total. The van der Waals surface area contributed by atoms with Gasteiger partial charge < -0.3 is 10.1 Å². The Balaban J connectivity index is 1.94. The molecule has 0 aliphatic heterocycles. The second-order valence-electron chi connectivity index (χ2n) is 7.12. The molecule has 1 aliphatic carbocycles. The Morgan fingerprint density at radius 2 is 1.83 bits per heavy atom. The molecule has 0 saturated heterocycles. The second kappa shape index (κ2) is 7.44. The van der Waals surface area contributed by atoms with Crippen molar-refractivity contribution in [2.24, 2.45) is 0 Å². The lowest BCUT2D eigenvalue weighted by atomic mass is 9.95. The minimum absolute atomic E-state index is 0.0335. The Morgan fingerprint density at radius 3 is 2.38 bits per heavy atom. The summed E-state index contributed by atoms with van der Waals surface area (Å²) in [6, 6.07) is 6.77. The molecular formula is C17H24BrNO4S. The van der Waals surface area contributed by atoms with Gasteiger partial charge in [-0.3, -0.25) is 0 Å². The largest absolute Gasteiger partial charge is 0.444 e. The maximum atomic E-state index is 12.7. The first-order valence-electron chi connectivity index (χ1n) is 8.07. The van der Waals surface area contributed by atoms with Crippen LogP contribution in [0.2, 0.25) is 0 Å². The van der Waals surface area contributed by atoms with E-state index in [-0.39, 0.29) is 6.04 Å². The molecule has 24 heavy (non-hydrogen) atoms. The van der Waals surface area contributed by atoms with Crippen LogP contribution in [-0.2, 0) is 14.6 Å². The molecule has 1 aromatic rings. The zero-order valence-corrected chi connectivity index (χ0v) is 16.6. The lowest BCUT2D eigenvalue weighted by molar-refractivity contribution is 0.0493. The lowest BCUT2D eigenvalue weighted by Gasteiger charge is -2.30. The SMILES string of the molecule is CC(C)(C)OC(=O)NC1CCC(S(=O)(=O)c2cccc(Br)c2)CC1. The fraction of sp³-hybridized carbons (Fsp3) is 0.588. The monoisotopic (exact) mass is 417 g/mol. The summed E-state index contributed by atoms with van der Waals surface area (Å²) in [5, 5.41) is 2.43. The van der Waals surface area contributed by atoms with Crippen LogP contribution in [-0.4, -0.2) is 31.4 Å². The van der Waals surface area contributed by atoms with Crippen LogP contribution < -0.4 is 5.32 Å². The third-order valence-corrected chi connectivity index (χ3v) is 6.71. The molecule has 1 fully saturated rings. The van der Waals surface area contributed by atoms with Crippen LogP contribution in [0.3, 0.4) is 0 Å². The summed E-state index contributed by atoms with van der Waals surface area (Å²) >= 11 is 3.31. The van der Waals surface area contributed by atoms with Gasteiger partial charge in [-0.1, -0.05) is 22.0 Å². The topological polar surface area (TPSA) is 72.5 Å². The molecule has 0 unspecified atom stereocenters. The van der Waals surface area contributed by atoms with Crippen molar-refractivity contribution in [2.45, 2.75) is 68.2 Å². The first kappa shape index (κ1) is 19.2. The number of halogens is 1. The molecule has 2 rings (SSSR count). The van der Waals surface area contributed by atoms with Crippen LogP contribution in [0.5, 0.6) is 0 Å². The Morgan fingerprint density at radius 1 is 1.21 bits per heavy atom. The zero-order valence-electron chi connectivity index (χ0n) is 14.2. The molecule has 0 heterocycles. The highest BCUT2D eigenvalue weighted by molar-refractivity contribution is 9.10. The van der Waals surface area contributed by atoms with Gasteiger partial charge in [0, 0.05) is 10.5 Å². The van der Waals surface area contributed by atoms with E-state index in [0.29, 0.717) is 30.6 Å². The first-order valence-corrected chi connectivity index (χ1v) is 10.4. The number of ether oxygens (including phenoxy) is 1. The number of sulfone groups is 1. The Hall–Kier alpha value is -1.08. The number of rotatable bonds is 3. The lowest BCUT2D eigenvalue weighted by Crippen LogP contribution is -2.42. The summed E-state index contributed by atoms with van der Waals surface area (Å²) in [5.41, 5.74) is -0.536. The number of benzene rings is 1. The number of carbonyl (C=O) groups is 1. The Kier molecular flexibility index (Phi) is 5.96. The van der Waals surface area contributed by atoms with Gasteiger partial charge in [-0.2, -0.15) is 0 Å². The van der Waals surface area contributed by atoms with Crippen LogP contribution in [0.15, 0.2) is 33.6 Å². The molecule has 0 atom stereocenters. The number of nitrogens with one attached hydrogen (secondary N) is 1. The van der Waals surface area contributed by atoms with Gasteiger partial charge >= 0.3 is 6.09 Å². The second-order valence-corrected chi connectivity index (χ2v) is 10.3. The maximum absolute atomic E-state index is 12.7. The Bertz CT molecular complexity index is 689. The molecule has 7 heteroatoms. The highest BCUT2D eigenvalue weighted by atomic mass is 79.9. The van der Waals surface area contributed by atoms with Crippen molar-refractivity contribution in [3.05, 3.63) is 28.7 Å². The summed E-state index contributed by atoms with van der Waals surface area (Å²) < 4.78 is 31.4. The Labute approximate surface area is 152 Å². The molecule has 134 valence electrons.